The number of carbonyl (C=O) groups is 1. The summed E-state index contributed by atoms with van der Waals surface area (Å²) in [4.78, 5) is 38.8. The van der Waals surface area contributed by atoms with E-state index in [9.17, 15) is 9.59 Å². The van der Waals surface area contributed by atoms with Gasteiger partial charge in [-0.25, -0.2) is 14.5 Å². The first-order valence-electron chi connectivity index (χ1n) is 7.94. The Morgan fingerprint density at radius 3 is 2.76 bits per heavy atom. The van der Waals surface area contributed by atoms with Crippen molar-refractivity contribution in [2.75, 3.05) is 6.54 Å². The predicted molar refractivity (Wildman–Crippen MR) is 90.3 cm³/mol. The van der Waals surface area contributed by atoms with Crippen LogP contribution in [0.5, 0.6) is 0 Å². The van der Waals surface area contributed by atoms with E-state index in [0.29, 0.717) is 36.1 Å². The summed E-state index contributed by atoms with van der Waals surface area (Å²) in [6.07, 6.45) is 0.554. The normalized spacial score (nSPS) is 11.0. The molecule has 0 unspecified atom stereocenters. The SMILES string of the molecule is Cc1cc(C)n2nc(CC(=O)NCCc3cc(=O)[nH]c(C)n3)nc2n1. The Bertz CT molecular complexity index is 990. The molecule has 0 bridgehead atoms. The minimum atomic E-state index is -0.194. The molecule has 25 heavy (non-hydrogen) atoms. The molecule has 0 fully saturated rings. The zero-order valence-corrected chi connectivity index (χ0v) is 14.3. The molecular formula is C16H19N7O2. The van der Waals surface area contributed by atoms with E-state index in [1.54, 1.807) is 11.4 Å². The fourth-order valence-corrected chi connectivity index (χ4v) is 2.59. The maximum atomic E-state index is 12.1. The van der Waals surface area contributed by atoms with Crippen molar-refractivity contribution >= 4 is 11.7 Å². The zero-order valence-electron chi connectivity index (χ0n) is 14.3. The molecule has 0 radical (unpaired) electrons. The molecule has 0 aliphatic carbocycles. The van der Waals surface area contributed by atoms with Gasteiger partial charge in [0.15, 0.2) is 5.82 Å². The van der Waals surface area contributed by atoms with Crippen molar-refractivity contribution in [2.24, 2.45) is 0 Å². The molecule has 0 spiro atoms. The quantitative estimate of drug-likeness (QED) is 0.676. The van der Waals surface area contributed by atoms with Crippen molar-refractivity contribution in [3.05, 3.63) is 51.2 Å². The Morgan fingerprint density at radius 2 is 2.00 bits per heavy atom. The lowest BCUT2D eigenvalue weighted by atomic mass is 10.3. The standard InChI is InChI=1S/C16H19N7O2/c1-9-6-10(2)23-16(18-9)21-13(22-23)8-14(24)17-5-4-12-7-15(25)20-11(3)19-12/h6-7H,4-5,8H2,1-3H3,(H,17,24)(H,19,20,25). The Balaban J connectivity index is 1.59. The van der Waals surface area contributed by atoms with Crippen molar-refractivity contribution < 1.29 is 4.79 Å². The molecule has 130 valence electrons. The fraction of sp³-hybridized carbons (Fsp3) is 0.375. The third-order valence-electron chi connectivity index (χ3n) is 3.60. The van der Waals surface area contributed by atoms with Crippen molar-refractivity contribution in [3.63, 3.8) is 0 Å². The number of aromatic amines is 1. The molecule has 3 aromatic rings. The summed E-state index contributed by atoms with van der Waals surface area (Å²) < 4.78 is 1.62. The topological polar surface area (TPSA) is 118 Å². The molecule has 1 amide bonds. The van der Waals surface area contributed by atoms with Crippen molar-refractivity contribution in [1.29, 1.82) is 0 Å². The number of nitrogens with one attached hydrogen (secondary N) is 2. The van der Waals surface area contributed by atoms with Gasteiger partial charge in [0.25, 0.3) is 11.3 Å². The zero-order chi connectivity index (χ0) is 18.0. The minimum Gasteiger partial charge on any atom is -0.355 e. The highest BCUT2D eigenvalue weighted by Gasteiger charge is 2.11. The molecule has 0 saturated carbocycles. The van der Waals surface area contributed by atoms with Gasteiger partial charge in [0.2, 0.25) is 5.91 Å². The summed E-state index contributed by atoms with van der Waals surface area (Å²) in [5.41, 5.74) is 2.22. The van der Waals surface area contributed by atoms with Crippen LogP contribution in [0.3, 0.4) is 0 Å². The van der Waals surface area contributed by atoms with Gasteiger partial charge in [-0.3, -0.25) is 9.59 Å². The predicted octanol–water partition coefficient (Wildman–Crippen LogP) is 0.0343. The van der Waals surface area contributed by atoms with Gasteiger partial charge in [-0.05, 0) is 26.8 Å². The van der Waals surface area contributed by atoms with E-state index in [0.717, 1.165) is 11.4 Å². The van der Waals surface area contributed by atoms with Crippen LogP contribution >= 0.6 is 0 Å². The lowest BCUT2D eigenvalue weighted by molar-refractivity contribution is -0.120. The molecule has 0 aliphatic heterocycles. The van der Waals surface area contributed by atoms with E-state index < -0.39 is 0 Å². The van der Waals surface area contributed by atoms with Crippen LogP contribution < -0.4 is 10.9 Å². The third-order valence-corrected chi connectivity index (χ3v) is 3.60. The molecule has 3 heterocycles. The van der Waals surface area contributed by atoms with Gasteiger partial charge in [0, 0.05) is 36.1 Å². The molecule has 0 aromatic carbocycles. The van der Waals surface area contributed by atoms with Gasteiger partial charge in [0.05, 0.1) is 6.42 Å². The summed E-state index contributed by atoms with van der Waals surface area (Å²) in [6, 6.07) is 3.34. The van der Waals surface area contributed by atoms with Gasteiger partial charge >= 0.3 is 0 Å². The van der Waals surface area contributed by atoms with Crippen molar-refractivity contribution in [1.82, 2.24) is 34.9 Å². The maximum Gasteiger partial charge on any atom is 0.252 e. The number of rotatable bonds is 5. The Kier molecular flexibility index (Phi) is 4.55. The van der Waals surface area contributed by atoms with E-state index >= 15 is 0 Å². The average molecular weight is 341 g/mol. The number of aromatic nitrogens is 6. The highest BCUT2D eigenvalue weighted by Crippen LogP contribution is 2.05. The summed E-state index contributed by atoms with van der Waals surface area (Å²) in [5, 5.41) is 7.10. The lowest BCUT2D eigenvalue weighted by Gasteiger charge is -2.04. The molecule has 9 heteroatoms. The number of hydrogen-bond acceptors (Lipinski definition) is 6. The first-order chi connectivity index (χ1) is 11.9. The number of hydrogen-bond donors (Lipinski definition) is 2. The molecular weight excluding hydrogens is 322 g/mol. The number of nitrogens with zero attached hydrogens (tertiary/aromatic N) is 5. The summed E-state index contributed by atoms with van der Waals surface area (Å²) in [6.45, 7) is 5.91. The van der Waals surface area contributed by atoms with Gasteiger partial charge in [-0.15, -0.1) is 5.10 Å². The molecule has 3 rings (SSSR count). The summed E-state index contributed by atoms with van der Waals surface area (Å²) >= 11 is 0. The number of aryl methyl sites for hydroxylation is 3. The van der Waals surface area contributed by atoms with Gasteiger partial charge in [-0.1, -0.05) is 0 Å². The van der Waals surface area contributed by atoms with Crippen LogP contribution in [-0.4, -0.2) is 42.0 Å². The molecule has 0 atom stereocenters. The van der Waals surface area contributed by atoms with Gasteiger partial charge in [-0.2, -0.15) is 4.98 Å². The fourth-order valence-electron chi connectivity index (χ4n) is 2.59. The van der Waals surface area contributed by atoms with Crippen LogP contribution in [0.2, 0.25) is 0 Å². The Morgan fingerprint density at radius 1 is 1.20 bits per heavy atom. The van der Waals surface area contributed by atoms with E-state index in [1.165, 1.54) is 6.07 Å². The Hall–Kier alpha value is -3.10. The van der Waals surface area contributed by atoms with E-state index in [-0.39, 0.29) is 17.9 Å². The number of carbonyl (C=O) groups excluding carboxylic acids is 1. The second-order valence-corrected chi connectivity index (χ2v) is 5.88. The van der Waals surface area contributed by atoms with Crippen LogP contribution in [0.15, 0.2) is 16.9 Å². The van der Waals surface area contributed by atoms with Crippen LogP contribution in [0, 0.1) is 20.8 Å². The Labute approximate surface area is 143 Å². The molecule has 2 N–H and O–H groups in total. The van der Waals surface area contributed by atoms with Crippen molar-refractivity contribution in [3.8, 4) is 0 Å². The number of amides is 1. The molecule has 9 nitrogen and oxygen atoms in total. The largest absolute Gasteiger partial charge is 0.355 e. The van der Waals surface area contributed by atoms with Crippen LogP contribution in [-0.2, 0) is 17.6 Å². The summed E-state index contributed by atoms with van der Waals surface area (Å²) in [7, 11) is 0. The number of fused-ring (bicyclic) bond motifs is 1. The van der Waals surface area contributed by atoms with Crippen molar-refractivity contribution in [2.45, 2.75) is 33.6 Å². The van der Waals surface area contributed by atoms with E-state index in [2.05, 4.69) is 30.4 Å². The van der Waals surface area contributed by atoms with Gasteiger partial charge in [0.1, 0.15) is 5.82 Å². The highest BCUT2D eigenvalue weighted by atomic mass is 16.1. The monoisotopic (exact) mass is 341 g/mol. The van der Waals surface area contributed by atoms with Crippen LogP contribution in [0.4, 0.5) is 0 Å². The maximum absolute atomic E-state index is 12.1. The smallest absolute Gasteiger partial charge is 0.252 e. The average Bonchev–Trinajstić information content (AvgIpc) is 2.88. The van der Waals surface area contributed by atoms with Crippen LogP contribution in [0.1, 0.15) is 28.7 Å². The molecule has 0 aliphatic rings. The van der Waals surface area contributed by atoms with E-state index in [1.807, 2.05) is 19.9 Å². The summed E-state index contributed by atoms with van der Waals surface area (Å²) in [5.74, 6) is 1.28. The highest BCUT2D eigenvalue weighted by molar-refractivity contribution is 5.77. The number of H-pyrrole nitrogens is 1. The first-order valence-corrected chi connectivity index (χ1v) is 7.94. The van der Waals surface area contributed by atoms with Gasteiger partial charge < -0.3 is 10.3 Å². The van der Waals surface area contributed by atoms with E-state index in [4.69, 9.17) is 0 Å². The minimum absolute atomic E-state index is 0.0731. The molecule has 0 saturated heterocycles. The first kappa shape index (κ1) is 16.7. The second-order valence-electron chi connectivity index (χ2n) is 5.88. The van der Waals surface area contributed by atoms with Crippen LogP contribution in [0.25, 0.3) is 5.78 Å². The second kappa shape index (κ2) is 6.80. The molecule has 3 aromatic heterocycles. The lowest BCUT2D eigenvalue weighted by Crippen LogP contribution is -2.28. The third kappa shape index (κ3) is 4.06.